The third kappa shape index (κ3) is 4.31. The number of piperazine rings is 1. The fourth-order valence-corrected chi connectivity index (χ4v) is 4.30. The highest BCUT2D eigenvalue weighted by atomic mass is 16.5. The van der Waals surface area contributed by atoms with E-state index in [4.69, 9.17) is 4.74 Å². The normalized spacial score (nSPS) is 16.8. The van der Waals surface area contributed by atoms with Gasteiger partial charge in [-0.3, -0.25) is 9.48 Å². The lowest BCUT2D eigenvalue weighted by Crippen LogP contribution is -2.47. The zero-order chi connectivity index (χ0) is 20.2. The van der Waals surface area contributed by atoms with E-state index >= 15 is 0 Å². The van der Waals surface area contributed by atoms with Crippen molar-refractivity contribution in [3.8, 4) is 17.0 Å². The van der Waals surface area contributed by atoms with Crippen molar-refractivity contribution in [1.82, 2.24) is 24.9 Å². The molecule has 2 aromatic rings. The molecule has 0 saturated carbocycles. The van der Waals surface area contributed by atoms with E-state index in [2.05, 4.69) is 27.1 Å². The van der Waals surface area contributed by atoms with Crippen molar-refractivity contribution in [3.05, 3.63) is 35.5 Å². The number of carbonyl (C=O) groups is 1. The van der Waals surface area contributed by atoms with Crippen LogP contribution < -0.4 is 10.1 Å². The van der Waals surface area contributed by atoms with Gasteiger partial charge in [0, 0.05) is 50.9 Å². The highest BCUT2D eigenvalue weighted by Crippen LogP contribution is 2.38. The summed E-state index contributed by atoms with van der Waals surface area (Å²) in [5.74, 6) is 0.728. The molecule has 0 radical (unpaired) electrons. The van der Waals surface area contributed by atoms with Crippen LogP contribution in [0.5, 0.6) is 5.75 Å². The molecule has 7 nitrogen and oxygen atoms in total. The van der Waals surface area contributed by atoms with Crippen LogP contribution in [0.2, 0.25) is 0 Å². The van der Waals surface area contributed by atoms with Crippen molar-refractivity contribution in [2.75, 3.05) is 45.8 Å². The number of amides is 1. The number of hydrogen-bond acceptors (Lipinski definition) is 5. The Morgan fingerprint density at radius 3 is 2.62 bits per heavy atom. The maximum atomic E-state index is 12.7. The SMILES string of the molecule is CCCN1CCN(CCCNC(=O)c2nn(C)c3c2COc2ccccc2-3)CC1. The third-order valence-corrected chi connectivity index (χ3v) is 5.82. The molecule has 1 N–H and O–H groups in total. The van der Waals surface area contributed by atoms with Crippen LogP contribution in [0, 0.1) is 0 Å². The van der Waals surface area contributed by atoms with E-state index in [0.29, 0.717) is 18.8 Å². The molecule has 3 heterocycles. The average molecular weight is 398 g/mol. The fraction of sp³-hybridized carbons (Fsp3) is 0.545. The maximum Gasteiger partial charge on any atom is 0.272 e. The van der Waals surface area contributed by atoms with Crippen LogP contribution in [-0.4, -0.2) is 71.3 Å². The third-order valence-electron chi connectivity index (χ3n) is 5.82. The van der Waals surface area contributed by atoms with Gasteiger partial charge in [0.15, 0.2) is 5.69 Å². The number of aryl methyl sites for hydroxylation is 1. The standard InChI is InChI=1S/C22H31N5O2/c1-3-10-26-12-14-27(15-13-26)11-6-9-23-22(28)20-18-16-29-19-8-5-4-7-17(19)21(18)25(2)24-20/h4-5,7-8H,3,6,9-16H2,1-2H3,(H,23,28). The quantitative estimate of drug-likeness (QED) is 0.725. The summed E-state index contributed by atoms with van der Waals surface area (Å²) in [5, 5.41) is 7.54. The van der Waals surface area contributed by atoms with Gasteiger partial charge in [-0.15, -0.1) is 0 Å². The van der Waals surface area contributed by atoms with Gasteiger partial charge in [0.25, 0.3) is 5.91 Å². The first kappa shape index (κ1) is 19.9. The molecule has 1 fully saturated rings. The van der Waals surface area contributed by atoms with Crippen LogP contribution >= 0.6 is 0 Å². The largest absolute Gasteiger partial charge is 0.488 e. The smallest absolute Gasteiger partial charge is 0.272 e. The Morgan fingerprint density at radius 2 is 1.86 bits per heavy atom. The minimum absolute atomic E-state index is 0.113. The second kappa shape index (κ2) is 8.97. The van der Waals surface area contributed by atoms with Gasteiger partial charge in [0.1, 0.15) is 12.4 Å². The molecule has 0 aliphatic carbocycles. The van der Waals surface area contributed by atoms with Gasteiger partial charge in [-0.05, 0) is 38.1 Å². The lowest BCUT2D eigenvalue weighted by atomic mass is 10.0. The van der Waals surface area contributed by atoms with E-state index in [1.807, 2.05) is 31.3 Å². The second-order valence-electron chi connectivity index (χ2n) is 7.88. The summed E-state index contributed by atoms with van der Waals surface area (Å²) in [7, 11) is 1.88. The van der Waals surface area contributed by atoms with Gasteiger partial charge in [0.2, 0.25) is 0 Å². The highest BCUT2D eigenvalue weighted by Gasteiger charge is 2.28. The summed E-state index contributed by atoms with van der Waals surface area (Å²) in [6.45, 7) is 10.1. The number of hydrogen-bond donors (Lipinski definition) is 1. The molecule has 4 rings (SSSR count). The molecule has 0 spiro atoms. The molecule has 2 aliphatic rings. The van der Waals surface area contributed by atoms with Gasteiger partial charge in [0.05, 0.1) is 5.69 Å². The molecule has 1 aromatic carbocycles. The van der Waals surface area contributed by atoms with Crippen LogP contribution in [0.25, 0.3) is 11.3 Å². The van der Waals surface area contributed by atoms with Crippen molar-refractivity contribution in [3.63, 3.8) is 0 Å². The summed E-state index contributed by atoms with van der Waals surface area (Å²) in [6.07, 6.45) is 2.17. The topological polar surface area (TPSA) is 62.6 Å². The van der Waals surface area contributed by atoms with Crippen LogP contribution in [0.1, 0.15) is 35.8 Å². The van der Waals surface area contributed by atoms with Gasteiger partial charge in [-0.25, -0.2) is 0 Å². The van der Waals surface area contributed by atoms with E-state index in [9.17, 15) is 4.79 Å². The Hall–Kier alpha value is -2.38. The number of carbonyl (C=O) groups excluding carboxylic acids is 1. The van der Waals surface area contributed by atoms with Gasteiger partial charge >= 0.3 is 0 Å². The number of aromatic nitrogens is 2. The van der Waals surface area contributed by atoms with Crippen LogP contribution in [0.3, 0.4) is 0 Å². The lowest BCUT2D eigenvalue weighted by Gasteiger charge is -2.34. The summed E-state index contributed by atoms with van der Waals surface area (Å²) < 4.78 is 7.63. The van der Waals surface area contributed by atoms with Crippen molar-refractivity contribution in [1.29, 1.82) is 0 Å². The monoisotopic (exact) mass is 397 g/mol. The fourth-order valence-electron chi connectivity index (χ4n) is 4.30. The average Bonchev–Trinajstić information content (AvgIpc) is 3.09. The molecule has 2 aliphatic heterocycles. The van der Waals surface area contributed by atoms with Crippen LogP contribution in [-0.2, 0) is 13.7 Å². The van der Waals surface area contributed by atoms with Gasteiger partial charge in [-0.2, -0.15) is 5.10 Å². The number of benzene rings is 1. The molecular weight excluding hydrogens is 366 g/mol. The molecule has 29 heavy (non-hydrogen) atoms. The second-order valence-corrected chi connectivity index (χ2v) is 7.88. The van der Waals surface area contributed by atoms with Crippen molar-refractivity contribution >= 4 is 5.91 Å². The number of para-hydroxylation sites is 1. The Morgan fingerprint density at radius 1 is 1.14 bits per heavy atom. The maximum absolute atomic E-state index is 12.7. The molecule has 156 valence electrons. The van der Waals surface area contributed by atoms with E-state index in [1.54, 1.807) is 4.68 Å². The number of nitrogens with one attached hydrogen (secondary N) is 1. The van der Waals surface area contributed by atoms with Crippen LogP contribution in [0.4, 0.5) is 0 Å². The zero-order valence-electron chi connectivity index (χ0n) is 17.5. The molecule has 1 aromatic heterocycles. The lowest BCUT2D eigenvalue weighted by molar-refractivity contribution is 0.0939. The van der Waals surface area contributed by atoms with Crippen molar-refractivity contribution < 1.29 is 9.53 Å². The zero-order valence-corrected chi connectivity index (χ0v) is 17.5. The van der Waals surface area contributed by atoms with Crippen LogP contribution in [0.15, 0.2) is 24.3 Å². The van der Waals surface area contributed by atoms with E-state index in [0.717, 1.165) is 61.7 Å². The summed E-state index contributed by atoms with van der Waals surface area (Å²) in [6, 6.07) is 7.90. The number of fused-ring (bicyclic) bond motifs is 3. The molecule has 0 unspecified atom stereocenters. The van der Waals surface area contributed by atoms with Crippen molar-refractivity contribution in [2.45, 2.75) is 26.4 Å². The first-order valence-corrected chi connectivity index (χ1v) is 10.7. The predicted molar refractivity (Wildman–Crippen MR) is 113 cm³/mol. The Labute approximate surface area is 172 Å². The molecular formula is C22H31N5O2. The molecule has 1 amide bonds. The number of ether oxygens (including phenoxy) is 1. The minimum Gasteiger partial charge on any atom is -0.488 e. The molecule has 7 heteroatoms. The van der Waals surface area contributed by atoms with E-state index in [-0.39, 0.29) is 5.91 Å². The molecule has 0 atom stereocenters. The molecule has 1 saturated heterocycles. The summed E-state index contributed by atoms with van der Waals surface area (Å²) in [4.78, 5) is 17.8. The Balaban J connectivity index is 1.30. The first-order valence-electron chi connectivity index (χ1n) is 10.7. The molecule has 0 bridgehead atoms. The summed E-state index contributed by atoms with van der Waals surface area (Å²) in [5.41, 5.74) is 3.31. The Kier molecular flexibility index (Phi) is 6.16. The highest BCUT2D eigenvalue weighted by molar-refractivity contribution is 5.96. The van der Waals surface area contributed by atoms with E-state index < -0.39 is 0 Å². The van der Waals surface area contributed by atoms with Gasteiger partial charge < -0.3 is 19.9 Å². The van der Waals surface area contributed by atoms with E-state index in [1.165, 1.54) is 13.0 Å². The van der Waals surface area contributed by atoms with Crippen molar-refractivity contribution in [2.24, 2.45) is 7.05 Å². The predicted octanol–water partition coefficient (Wildman–Crippen LogP) is 2.13. The number of nitrogens with zero attached hydrogens (tertiary/aromatic N) is 4. The van der Waals surface area contributed by atoms with Gasteiger partial charge in [-0.1, -0.05) is 19.1 Å². The Bertz CT molecular complexity index is 855. The first-order chi connectivity index (χ1) is 14.2. The number of rotatable bonds is 7. The minimum atomic E-state index is -0.113. The summed E-state index contributed by atoms with van der Waals surface area (Å²) >= 11 is 0.